The summed E-state index contributed by atoms with van der Waals surface area (Å²) in [6, 6.07) is 15.7. The van der Waals surface area contributed by atoms with Crippen molar-refractivity contribution in [2.45, 2.75) is 0 Å². The Morgan fingerprint density at radius 2 is 1.97 bits per heavy atom. The highest BCUT2D eigenvalue weighted by atomic mass is 16.5. The monoisotopic (exact) mass is 402 g/mol. The average molecular weight is 402 g/mol. The summed E-state index contributed by atoms with van der Waals surface area (Å²) in [6.45, 7) is -0.418. The van der Waals surface area contributed by atoms with E-state index in [2.05, 4.69) is 20.3 Å². The number of anilines is 1. The van der Waals surface area contributed by atoms with Crippen molar-refractivity contribution in [2.75, 3.05) is 19.0 Å². The fraction of sp³-hybridized carbons (Fsp3) is 0.0909. The van der Waals surface area contributed by atoms with E-state index < -0.39 is 18.5 Å². The van der Waals surface area contributed by atoms with Gasteiger partial charge in [0.2, 0.25) is 0 Å². The normalized spacial score (nSPS) is 10.6. The number of aromatic amines is 1. The van der Waals surface area contributed by atoms with Crippen molar-refractivity contribution in [1.29, 1.82) is 0 Å². The standard InChI is InChI=1S/C22H18N4O4/c1-29-19-7-3-2-6-17(19)24-20(27)13-30-22(28)14-8-9-16-18(11-14)26-21(25-16)15-5-4-10-23-12-15/h2-12H,13H2,1H3,(H,24,27)(H,25,26). The molecule has 0 spiro atoms. The van der Waals surface area contributed by atoms with Gasteiger partial charge in [0.15, 0.2) is 6.61 Å². The Morgan fingerprint density at radius 1 is 1.10 bits per heavy atom. The van der Waals surface area contributed by atoms with Crippen molar-refractivity contribution in [3.8, 4) is 17.1 Å². The highest BCUT2D eigenvalue weighted by Gasteiger charge is 2.14. The molecule has 2 aromatic heterocycles. The molecule has 0 radical (unpaired) electrons. The van der Waals surface area contributed by atoms with Gasteiger partial charge in [-0.2, -0.15) is 0 Å². The first-order chi connectivity index (χ1) is 14.6. The molecule has 0 saturated heterocycles. The number of para-hydroxylation sites is 2. The summed E-state index contributed by atoms with van der Waals surface area (Å²) >= 11 is 0. The number of carbonyl (C=O) groups excluding carboxylic acids is 2. The number of hydrogen-bond donors (Lipinski definition) is 2. The minimum atomic E-state index is -0.607. The summed E-state index contributed by atoms with van der Waals surface area (Å²) in [5.41, 5.74) is 3.05. The summed E-state index contributed by atoms with van der Waals surface area (Å²) < 4.78 is 10.3. The number of H-pyrrole nitrogens is 1. The Bertz CT molecular complexity index is 1200. The van der Waals surface area contributed by atoms with Crippen LogP contribution in [0.15, 0.2) is 67.0 Å². The fourth-order valence-corrected chi connectivity index (χ4v) is 2.92. The number of imidazole rings is 1. The Balaban J connectivity index is 1.42. The summed E-state index contributed by atoms with van der Waals surface area (Å²) in [4.78, 5) is 36.2. The maximum absolute atomic E-state index is 12.4. The van der Waals surface area contributed by atoms with Crippen LogP contribution in [0.1, 0.15) is 10.4 Å². The molecule has 2 N–H and O–H groups in total. The highest BCUT2D eigenvalue weighted by molar-refractivity contribution is 5.98. The molecule has 0 aliphatic heterocycles. The molecule has 8 heteroatoms. The van der Waals surface area contributed by atoms with Crippen molar-refractivity contribution in [2.24, 2.45) is 0 Å². The lowest BCUT2D eigenvalue weighted by molar-refractivity contribution is -0.119. The minimum Gasteiger partial charge on any atom is -0.495 e. The van der Waals surface area contributed by atoms with Crippen molar-refractivity contribution in [3.05, 3.63) is 72.6 Å². The Morgan fingerprint density at radius 3 is 2.77 bits per heavy atom. The van der Waals surface area contributed by atoms with Crippen LogP contribution in [0.25, 0.3) is 22.4 Å². The molecule has 2 heterocycles. The summed E-state index contributed by atoms with van der Waals surface area (Å²) in [7, 11) is 1.51. The third-order valence-corrected chi connectivity index (χ3v) is 4.37. The first-order valence-corrected chi connectivity index (χ1v) is 9.14. The van der Waals surface area contributed by atoms with E-state index in [1.165, 1.54) is 7.11 Å². The van der Waals surface area contributed by atoms with E-state index in [0.717, 1.165) is 5.56 Å². The zero-order valence-electron chi connectivity index (χ0n) is 16.1. The molecule has 150 valence electrons. The van der Waals surface area contributed by atoms with Crippen LogP contribution >= 0.6 is 0 Å². The van der Waals surface area contributed by atoms with E-state index in [9.17, 15) is 9.59 Å². The number of fused-ring (bicyclic) bond motifs is 1. The fourth-order valence-electron chi connectivity index (χ4n) is 2.92. The molecule has 0 atom stereocenters. The zero-order valence-corrected chi connectivity index (χ0v) is 16.1. The number of nitrogens with zero attached hydrogens (tertiary/aromatic N) is 2. The first-order valence-electron chi connectivity index (χ1n) is 9.14. The van der Waals surface area contributed by atoms with Crippen molar-refractivity contribution < 1.29 is 19.1 Å². The van der Waals surface area contributed by atoms with Gasteiger partial charge in [-0.1, -0.05) is 12.1 Å². The molecule has 1 amide bonds. The van der Waals surface area contributed by atoms with Gasteiger partial charge in [0.1, 0.15) is 11.6 Å². The lowest BCUT2D eigenvalue weighted by Gasteiger charge is -2.10. The van der Waals surface area contributed by atoms with Gasteiger partial charge in [0.05, 0.1) is 29.4 Å². The van der Waals surface area contributed by atoms with E-state index in [4.69, 9.17) is 9.47 Å². The van der Waals surface area contributed by atoms with Gasteiger partial charge in [-0.3, -0.25) is 9.78 Å². The third kappa shape index (κ3) is 4.12. The molecule has 0 bridgehead atoms. The first kappa shape index (κ1) is 19.1. The van der Waals surface area contributed by atoms with Gasteiger partial charge in [0, 0.05) is 18.0 Å². The Hall–Kier alpha value is -4.20. The van der Waals surface area contributed by atoms with Gasteiger partial charge in [0.25, 0.3) is 5.91 Å². The quantitative estimate of drug-likeness (QED) is 0.479. The smallest absolute Gasteiger partial charge is 0.338 e. The maximum atomic E-state index is 12.4. The third-order valence-electron chi connectivity index (χ3n) is 4.37. The highest BCUT2D eigenvalue weighted by Crippen LogP contribution is 2.23. The second kappa shape index (κ2) is 8.44. The number of esters is 1. The van der Waals surface area contributed by atoms with Gasteiger partial charge in [-0.15, -0.1) is 0 Å². The predicted octanol–water partition coefficient (Wildman–Crippen LogP) is 3.43. The molecule has 0 unspecified atom stereocenters. The van der Waals surface area contributed by atoms with Crippen LogP contribution in [0, 0.1) is 0 Å². The lowest BCUT2D eigenvalue weighted by atomic mass is 10.2. The molecular formula is C22H18N4O4. The lowest BCUT2D eigenvalue weighted by Crippen LogP contribution is -2.21. The summed E-state index contributed by atoms with van der Waals surface area (Å²) in [5, 5.41) is 2.66. The maximum Gasteiger partial charge on any atom is 0.338 e. The molecular weight excluding hydrogens is 384 g/mol. The number of ether oxygens (including phenoxy) is 2. The average Bonchev–Trinajstić information content (AvgIpc) is 3.22. The number of hydrogen-bond acceptors (Lipinski definition) is 6. The van der Waals surface area contributed by atoms with E-state index in [-0.39, 0.29) is 0 Å². The van der Waals surface area contributed by atoms with Crippen molar-refractivity contribution >= 4 is 28.6 Å². The minimum absolute atomic E-state index is 0.314. The number of aromatic nitrogens is 3. The predicted molar refractivity (Wildman–Crippen MR) is 111 cm³/mol. The second-order valence-corrected chi connectivity index (χ2v) is 6.38. The molecule has 30 heavy (non-hydrogen) atoms. The number of methoxy groups -OCH3 is 1. The molecule has 8 nitrogen and oxygen atoms in total. The van der Waals surface area contributed by atoms with E-state index in [0.29, 0.717) is 33.9 Å². The SMILES string of the molecule is COc1ccccc1NC(=O)COC(=O)c1ccc2nc(-c3cccnc3)[nH]c2c1. The molecule has 0 aliphatic rings. The zero-order chi connectivity index (χ0) is 20.9. The Labute approximate surface area is 171 Å². The van der Waals surface area contributed by atoms with Crippen LogP contribution in [0.4, 0.5) is 5.69 Å². The van der Waals surface area contributed by atoms with E-state index in [1.54, 1.807) is 54.9 Å². The van der Waals surface area contributed by atoms with Crippen molar-refractivity contribution in [1.82, 2.24) is 15.0 Å². The molecule has 0 saturated carbocycles. The van der Waals surface area contributed by atoms with Crippen LogP contribution in [0.5, 0.6) is 5.75 Å². The summed E-state index contributed by atoms with van der Waals surface area (Å²) in [5.74, 6) is 0.102. The topological polar surface area (TPSA) is 106 Å². The Kier molecular flexibility index (Phi) is 5.38. The van der Waals surface area contributed by atoms with E-state index in [1.807, 2.05) is 12.1 Å². The molecule has 4 aromatic rings. The number of nitrogens with one attached hydrogen (secondary N) is 2. The largest absolute Gasteiger partial charge is 0.495 e. The van der Waals surface area contributed by atoms with Crippen LogP contribution in [-0.4, -0.2) is 40.5 Å². The second-order valence-electron chi connectivity index (χ2n) is 6.38. The molecule has 0 fully saturated rings. The molecule has 0 aliphatic carbocycles. The van der Waals surface area contributed by atoms with Crippen molar-refractivity contribution in [3.63, 3.8) is 0 Å². The number of rotatable bonds is 6. The van der Waals surface area contributed by atoms with Crippen LogP contribution in [0.3, 0.4) is 0 Å². The van der Waals surface area contributed by atoms with Gasteiger partial charge < -0.3 is 19.8 Å². The summed E-state index contributed by atoms with van der Waals surface area (Å²) in [6.07, 6.45) is 3.39. The number of pyridine rings is 1. The van der Waals surface area contributed by atoms with Gasteiger partial charge in [-0.05, 0) is 42.5 Å². The molecule has 2 aromatic carbocycles. The molecule has 4 rings (SSSR count). The number of carbonyl (C=O) groups is 2. The number of benzene rings is 2. The van der Waals surface area contributed by atoms with Gasteiger partial charge >= 0.3 is 5.97 Å². The van der Waals surface area contributed by atoms with Crippen LogP contribution in [-0.2, 0) is 9.53 Å². The van der Waals surface area contributed by atoms with Gasteiger partial charge in [-0.25, -0.2) is 9.78 Å². The van der Waals surface area contributed by atoms with Crippen LogP contribution in [0.2, 0.25) is 0 Å². The number of amides is 1. The van der Waals surface area contributed by atoms with Crippen LogP contribution < -0.4 is 10.1 Å². The van der Waals surface area contributed by atoms with E-state index >= 15 is 0 Å².